The Balaban J connectivity index is 1.97. The molecule has 0 aliphatic carbocycles. The number of nitrogens with zero attached hydrogens (tertiary/aromatic N) is 1. The van der Waals surface area contributed by atoms with Crippen LogP contribution < -0.4 is 5.73 Å². The summed E-state index contributed by atoms with van der Waals surface area (Å²) in [5, 5.41) is 8.79. The first kappa shape index (κ1) is 11.9. The number of carbonyl (C=O) groups is 1. The molecule has 0 spiro atoms. The topological polar surface area (TPSA) is 76.2 Å². The molecule has 0 aliphatic heterocycles. The van der Waals surface area contributed by atoms with Gasteiger partial charge in [-0.1, -0.05) is 0 Å². The number of thioether (sulfide) groups is 1. The Morgan fingerprint density at radius 1 is 1.41 bits per heavy atom. The van der Waals surface area contributed by atoms with E-state index in [1.54, 1.807) is 30.1 Å². The smallest absolute Gasteiger partial charge is 0.345 e. The van der Waals surface area contributed by atoms with Crippen LogP contribution >= 0.6 is 23.1 Å². The second-order valence-corrected chi connectivity index (χ2v) is 5.50. The van der Waals surface area contributed by atoms with E-state index in [1.165, 1.54) is 11.3 Å². The minimum atomic E-state index is -0.875. The zero-order valence-electron chi connectivity index (χ0n) is 8.79. The molecule has 0 aliphatic rings. The van der Waals surface area contributed by atoms with Gasteiger partial charge in [-0.3, -0.25) is 0 Å². The lowest BCUT2D eigenvalue weighted by Crippen LogP contribution is -1.89. The van der Waals surface area contributed by atoms with Gasteiger partial charge in [-0.25, -0.2) is 9.78 Å². The molecule has 0 fully saturated rings. The molecule has 0 unspecified atom stereocenters. The van der Waals surface area contributed by atoms with Gasteiger partial charge in [0, 0.05) is 21.7 Å². The van der Waals surface area contributed by atoms with Gasteiger partial charge in [0.1, 0.15) is 10.7 Å². The van der Waals surface area contributed by atoms with Gasteiger partial charge in [0.05, 0.1) is 0 Å². The number of carboxylic acid groups (broad SMARTS) is 1. The van der Waals surface area contributed by atoms with Crippen LogP contribution in [0.25, 0.3) is 0 Å². The molecule has 2 aromatic rings. The fourth-order valence-electron chi connectivity index (χ4n) is 1.20. The number of aromatic nitrogens is 1. The second-order valence-electron chi connectivity index (χ2n) is 3.28. The van der Waals surface area contributed by atoms with Crippen LogP contribution in [0.4, 0.5) is 5.82 Å². The SMILES string of the molecule is Nc1ccc(SCc2ccc(C(=O)O)s2)cn1. The number of nitrogens with two attached hydrogens (primary N) is 1. The number of carboxylic acids is 1. The van der Waals surface area contributed by atoms with Gasteiger partial charge in [0.25, 0.3) is 0 Å². The Kier molecular flexibility index (Phi) is 3.65. The monoisotopic (exact) mass is 266 g/mol. The normalized spacial score (nSPS) is 10.4. The maximum atomic E-state index is 10.7. The Morgan fingerprint density at radius 2 is 2.24 bits per heavy atom. The molecular formula is C11H10N2O2S2. The van der Waals surface area contributed by atoms with Crippen LogP contribution in [0.1, 0.15) is 14.5 Å². The third-order valence-corrected chi connectivity index (χ3v) is 4.30. The Morgan fingerprint density at radius 3 is 2.82 bits per heavy atom. The van der Waals surface area contributed by atoms with Crippen LogP contribution in [-0.2, 0) is 5.75 Å². The van der Waals surface area contributed by atoms with E-state index in [1.807, 2.05) is 12.1 Å². The molecule has 0 bridgehead atoms. The summed E-state index contributed by atoms with van der Waals surface area (Å²) in [5.74, 6) is 0.364. The first-order chi connectivity index (χ1) is 8.15. The van der Waals surface area contributed by atoms with Gasteiger partial charge in [-0.05, 0) is 24.3 Å². The quantitative estimate of drug-likeness (QED) is 0.832. The summed E-state index contributed by atoms with van der Waals surface area (Å²) in [7, 11) is 0. The molecule has 3 N–H and O–H groups in total. The van der Waals surface area contributed by atoms with E-state index >= 15 is 0 Å². The average molecular weight is 266 g/mol. The fourth-order valence-corrected chi connectivity index (χ4v) is 2.95. The van der Waals surface area contributed by atoms with Crippen LogP contribution in [0.3, 0.4) is 0 Å². The number of thiophene rings is 1. The summed E-state index contributed by atoms with van der Waals surface area (Å²) >= 11 is 2.90. The van der Waals surface area contributed by atoms with Gasteiger partial charge in [0.2, 0.25) is 0 Å². The summed E-state index contributed by atoms with van der Waals surface area (Å²) < 4.78 is 0. The van der Waals surface area contributed by atoms with Crippen molar-refractivity contribution in [1.29, 1.82) is 0 Å². The van der Waals surface area contributed by atoms with Crippen molar-refractivity contribution in [3.63, 3.8) is 0 Å². The number of hydrogen-bond donors (Lipinski definition) is 2. The zero-order valence-corrected chi connectivity index (χ0v) is 10.4. The lowest BCUT2D eigenvalue weighted by molar-refractivity contribution is 0.0702. The lowest BCUT2D eigenvalue weighted by Gasteiger charge is -1.99. The van der Waals surface area contributed by atoms with Crippen LogP contribution in [-0.4, -0.2) is 16.1 Å². The van der Waals surface area contributed by atoms with Crippen molar-refractivity contribution in [3.05, 3.63) is 40.2 Å². The predicted molar refractivity (Wildman–Crippen MR) is 69.5 cm³/mol. The number of anilines is 1. The van der Waals surface area contributed by atoms with Crippen molar-refractivity contribution >= 4 is 34.9 Å². The maximum Gasteiger partial charge on any atom is 0.345 e. The Bertz CT molecular complexity index is 523. The van der Waals surface area contributed by atoms with Gasteiger partial charge in [0.15, 0.2) is 0 Å². The van der Waals surface area contributed by atoms with E-state index < -0.39 is 5.97 Å². The maximum absolute atomic E-state index is 10.7. The van der Waals surface area contributed by atoms with Crippen molar-refractivity contribution in [3.8, 4) is 0 Å². The third kappa shape index (κ3) is 3.21. The zero-order chi connectivity index (χ0) is 12.3. The van der Waals surface area contributed by atoms with E-state index in [0.29, 0.717) is 10.7 Å². The number of aromatic carboxylic acids is 1. The highest BCUT2D eigenvalue weighted by Crippen LogP contribution is 2.26. The first-order valence-electron chi connectivity index (χ1n) is 4.81. The van der Waals surface area contributed by atoms with Crippen molar-refractivity contribution in [2.75, 3.05) is 5.73 Å². The summed E-state index contributed by atoms with van der Waals surface area (Å²) in [5.41, 5.74) is 5.49. The molecule has 0 saturated heterocycles. The Hall–Kier alpha value is -1.53. The van der Waals surface area contributed by atoms with E-state index in [9.17, 15) is 4.79 Å². The second kappa shape index (κ2) is 5.20. The largest absolute Gasteiger partial charge is 0.477 e. The van der Waals surface area contributed by atoms with E-state index in [2.05, 4.69) is 4.98 Å². The molecule has 2 heterocycles. The van der Waals surface area contributed by atoms with Crippen LogP contribution in [0.15, 0.2) is 35.4 Å². The highest BCUT2D eigenvalue weighted by atomic mass is 32.2. The van der Waals surface area contributed by atoms with E-state index in [-0.39, 0.29) is 0 Å². The molecule has 0 aromatic carbocycles. The summed E-state index contributed by atoms with van der Waals surface area (Å²) in [6.45, 7) is 0. The van der Waals surface area contributed by atoms with Crippen molar-refractivity contribution in [2.24, 2.45) is 0 Å². The summed E-state index contributed by atoms with van der Waals surface area (Å²) in [6.07, 6.45) is 1.71. The van der Waals surface area contributed by atoms with E-state index in [0.717, 1.165) is 15.5 Å². The molecule has 0 radical (unpaired) electrons. The molecule has 2 rings (SSSR count). The molecule has 6 heteroatoms. The summed E-state index contributed by atoms with van der Waals surface area (Å²) in [6, 6.07) is 7.12. The number of nitrogen functional groups attached to an aromatic ring is 1. The van der Waals surface area contributed by atoms with Gasteiger partial charge in [-0.15, -0.1) is 23.1 Å². The predicted octanol–water partition coefficient (Wildman–Crippen LogP) is 2.72. The molecule has 17 heavy (non-hydrogen) atoms. The number of pyridine rings is 1. The van der Waals surface area contributed by atoms with Gasteiger partial charge in [-0.2, -0.15) is 0 Å². The van der Waals surface area contributed by atoms with Gasteiger partial charge < -0.3 is 10.8 Å². The minimum Gasteiger partial charge on any atom is -0.477 e. The summed E-state index contributed by atoms with van der Waals surface area (Å²) in [4.78, 5) is 17.1. The number of hydrogen-bond acceptors (Lipinski definition) is 5. The van der Waals surface area contributed by atoms with Gasteiger partial charge >= 0.3 is 5.97 Å². The van der Waals surface area contributed by atoms with Crippen LogP contribution in [0, 0.1) is 0 Å². The van der Waals surface area contributed by atoms with Crippen LogP contribution in [0.2, 0.25) is 0 Å². The minimum absolute atomic E-state index is 0.371. The highest BCUT2D eigenvalue weighted by Gasteiger charge is 2.07. The molecular weight excluding hydrogens is 256 g/mol. The third-order valence-electron chi connectivity index (χ3n) is 2.01. The first-order valence-corrected chi connectivity index (χ1v) is 6.61. The van der Waals surface area contributed by atoms with E-state index in [4.69, 9.17) is 10.8 Å². The molecule has 2 aromatic heterocycles. The molecule has 88 valence electrons. The molecule has 0 saturated carbocycles. The van der Waals surface area contributed by atoms with Crippen LogP contribution in [0.5, 0.6) is 0 Å². The van der Waals surface area contributed by atoms with Crippen molar-refractivity contribution in [2.45, 2.75) is 10.6 Å². The standard InChI is InChI=1S/C11H10N2O2S2/c12-10-4-2-7(5-13-10)16-6-8-1-3-9(17-8)11(14)15/h1-5H,6H2,(H2,12,13)(H,14,15). The van der Waals surface area contributed by atoms with Crippen molar-refractivity contribution < 1.29 is 9.90 Å². The van der Waals surface area contributed by atoms with Crippen molar-refractivity contribution in [1.82, 2.24) is 4.98 Å². The molecule has 4 nitrogen and oxygen atoms in total. The highest BCUT2D eigenvalue weighted by molar-refractivity contribution is 7.98. The number of rotatable bonds is 4. The average Bonchev–Trinajstić information content (AvgIpc) is 2.77. The molecule has 0 amide bonds. The lowest BCUT2D eigenvalue weighted by atomic mass is 10.4. The fraction of sp³-hybridized carbons (Fsp3) is 0.0909. The Labute approximate surface area is 106 Å². The molecule has 0 atom stereocenters.